The molecule has 4 heteroatoms. The summed E-state index contributed by atoms with van der Waals surface area (Å²) in [6.45, 7) is 6.87. The Bertz CT molecular complexity index is 514. The molecule has 0 bridgehead atoms. The lowest BCUT2D eigenvalue weighted by Crippen LogP contribution is -2.40. The summed E-state index contributed by atoms with van der Waals surface area (Å²) in [6.07, 6.45) is 1.30. The maximum Gasteiger partial charge on any atom is 0.326 e. The predicted octanol–water partition coefficient (Wildman–Crippen LogP) is 2.67. The van der Waals surface area contributed by atoms with Crippen molar-refractivity contribution in [3.8, 4) is 0 Å². The molecule has 1 amide bonds. The van der Waals surface area contributed by atoms with Gasteiger partial charge in [-0.15, -0.1) is 0 Å². The molecule has 0 aliphatic carbocycles. The van der Waals surface area contributed by atoms with Gasteiger partial charge in [0.1, 0.15) is 6.04 Å². The molecule has 1 N–H and O–H groups in total. The minimum Gasteiger partial charge on any atom is -0.480 e. The van der Waals surface area contributed by atoms with Gasteiger partial charge in [0.15, 0.2) is 0 Å². The molecule has 0 radical (unpaired) electrons. The average molecular weight is 275 g/mol. The van der Waals surface area contributed by atoms with Crippen LogP contribution in [0.4, 0.5) is 0 Å². The van der Waals surface area contributed by atoms with Crippen LogP contribution in [0, 0.1) is 0 Å². The van der Waals surface area contributed by atoms with Crippen molar-refractivity contribution < 1.29 is 14.7 Å². The number of aliphatic carboxylic acids is 1. The van der Waals surface area contributed by atoms with Crippen LogP contribution in [0.1, 0.15) is 49.5 Å². The van der Waals surface area contributed by atoms with Crippen LogP contribution in [0.2, 0.25) is 0 Å². The number of hydrogen-bond donors (Lipinski definition) is 1. The lowest BCUT2D eigenvalue weighted by molar-refractivity contribution is -0.141. The van der Waals surface area contributed by atoms with Gasteiger partial charge < -0.3 is 10.0 Å². The first-order chi connectivity index (χ1) is 9.30. The molecule has 1 aromatic carbocycles. The van der Waals surface area contributed by atoms with Gasteiger partial charge in [0, 0.05) is 12.1 Å². The molecular formula is C16H21NO3. The zero-order chi connectivity index (χ0) is 14.9. The van der Waals surface area contributed by atoms with E-state index in [0.717, 1.165) is 12.0 Å². The number of likely N-dealkylation sites (tertiary alicyclic amines) is 1. The number of rotatable bonds is 2. The minimum atomic E-state index is -0.915. The number of hydrogen-bond acceptors (Lipinski definition) is 2. The van der Waals surface area contributed by atoms with Gasteiger partial charge in [0.25, 0.3) is 5.91 Å². The maximum atomic E-state index is 12.4. The topological polar surface area (TPSA) is 57.6 Å². The SMILES string of the molecule is CC(C)(C)c1ccc(C(=O)N2CCC[C@@H]2C(=O)O)cc1. The van der Waals surface area contributed by atoms with Crippen molar-refractivity contribution in [3.05, 3.63) is 35.4 Å². The molecule has 1 aliphatic heterocycles. The molecule has 1 aromatic rings. The second-order valence-corrected chi connectivity index (χ2v) is 6.32. The number of carboxylic acid groups (broad SMARTS) is 1. The summed E-state index contributed by atoms with van der Waals surface area (Å²) in [5.41, 5.74) is 1.76. The fourth-order valence-electron chi connectivity index (χ4n) is 2.55. The summed E-state index contributed by atoms with van der Waals surface area (Å²) in [5.74, 6) is -1.10. The Hall–Kier alpha value is -1.84. The van der Waals surface area contributed by atoms with E-state index in [9.17, 15) is 9.59 Å². The van der Waals surface area contributed by atoms with E-state index < -0.39 is 12.0 Å². The maximum absolute atomic E-state index is 12.4. The fraction of sp³-hybridized carbons (Fsp3) is 0.500. The van der Waals surface area contributed by atoms with E-state index in [1.165, 1.54) is 4.90 Å². The van der Waals surface area contributed by atoms with Gasteiger partial charge in [0.2, 0.25) is 0 Å². The highest BCUT2D eigenvalue weighted by atomic mass is 16.4. The van der Waals surface area contributed by atoms with Crippen LogP contribution in [-0.2, 0) is 10.2 Å². The Kier molecular flexibility index (Phi) is 3.84. The standard InChI is InChI=1S/C16H21NO3/c1-16(2,3)12-8-6-11(7-9-12)14(18)17-10-4-5-13(17)15(19)20/h6-9,13H,4-5,10H2,1-3H3,(H,19,20)/t13-/m1/s1. The van der Waals surface area contributed by atoms with Crippen LogP contribution in [0.15, 0.2) is 24.3 Å². The number of carbonyl (C=O) groups excluding carboxylic acids is 1. The first-order valence-electron chi connectivity index (χ1n) is 6.95. The largest absolute Gasteiger partial charge is 0.480 e. The van der Waals surface area contributed by atoms with Gasteiger partial charge >= 0.3 is 5.97 Å². The monoisotopic (exact) mass is 275 g/mol. The highest BCUT2D eigenvalue weighted by Crippen LogP contribution is 2.24. The van der Waals surface area contributed by atoms with Gasteiger partial charge in [0.05, 0.1) is 0 Å². The van der Waals surface area contributed by atoms with E-state index in [1.54, 1.807) is 12.1 Å². The van der Waals surface area contributed by atoms with Crippen molar-refractivity contribution in [3.63, 3.8) is 0 Å². The molecule has 0 unspecified atom stereocenters. The smallest absolute Gasteiger partial charge is 0.326 e. The average Bonchev–Trinajstić information content (AvgIpc) is 2.86. The van der Waals surface area contributed by atoms with E-state index in [-0.39, 0.29) is 11.3 Å². The third-order valence-electron chi connectivity index (χ3n) is 3.80. The quantitative estimate of drug-likeness (QED) is 0.902. The third kappa shape index (κ3) is 2.84. The van der Waals surface area contributed by atoms with Crippen LogP contribution in [0.3, 0.4) is 0 Å². The van der Waals surface area contributed by atoms with Gasteiger partial charge in [-0.05, 0) is 36.0 Å². The number of amides is 1. The lowest BCUT2D eigenvalue weighted by atomic mass is 9.86. The number of carboxylic acids is 1. The Balaban J connectivity index is 2.19. The Labute approximate surface area is 119 Å². The molecule has 1 aliphatic rings. The zero-order valence-corrected chi connectivity index (χ0v) is 12.2. The molecule has 20 heavy (non-hydrogen) atoms. The minimum absolute atomic E-state index is 0.0405. The molecule has 2 rings (SSSR count). The summed E-state index contributed by atoms with van der Waals surface area (Å²) >= 11 is 0. The molecule has 1 saturated heterocycles. The highest BCUT2D eigenvalue weighted by molar-refractivity contribution is 5.97. The van der Waals surface area contributed by atoms with Crippen molar-refractivity contribution in [2.75, 3.05) is 6.54 Å². The van der Waals surface area contributed by atoms with E-state index >= 15 is 0 Å². The summed E-state index contributed by atoms with van der Waals surface area (Å²) in [5, 5.41) is 9.14. The van der Waals surface area contributed by atoms with E-state index in [2.05, 4.69) is 20.8 Å². The third-order valence-corrected chi connectivity index (χ3v) is 3.80. The molecule has 0 spiro atoms. The van der Waals surface area contributed by atoms with E-state index in [4.69, 9.17) is 5.11 Å². The second-order valence-electron chi connectivity index (χ2n) is 6.32. The van der Waals surface area contributed by atoms with Gasteiger partial charge in [-0.1, -0.05) is 32.9 Å². The number of carbonyl (C=O) groups is 2. The summed E-state index contributed by atoms with van der Waals surface area (Å²) in [7, 11) is 0. The van der Waals surface area contributed by atoms with Crippen LogP contribution in [-0.4, -0.2) is 34.5 Å². The van der Waals surface area contributed by atoms with E-state index in [1.807, 2.05) is 12.1 Å². The molecule has 0 aromatic heterocycles. The van der Waals surface area contributed by atoms with Crippen LogP contribution < -0.4 is 0 Å². The Morgan fingerprint density at radius 1 is 1.20 bits per heavy atom. The van der Waals surface area contributed by atoms with Gasteiger partial charge in [-0.25, -0.2) is 4.79 Å². The molecular weight excluding hydrogens is 254 g/mol. The van der Waals surface area contributed by atoms with Crippen molar-refractivity contribution in [2.45, 2.75) is 45.1 Å². The van der Waals surface area contributed by atoms with Crippen molar-refractivity contribution in [1.82, 2.24) is 4.90 Å². The number of benzene rings is 1. The first-order valence-corrected chi connectivity index (χ1v) is 6.95. The first kappa shape index (κ1) is 14.6. The summed E-state index contributed by atoms with van der Waals surface area (Å²) < 4.78 is 0. The Morgan fingerprint density at radius 2 is 1.80 bits per heavy atom. The molecule has 108 valence electrons. The van der Waals surface area contributed by atoms with Crippen LogP contribution in [0.25, 0.3) is 0 Å². The zero-order valence-electron chi connectivity index (χ0n) is 12.2. The molecule has 1 fully saturated rings. The number of nitrogens with zero attached hydrogens (tertiary/aromatic N) is 1. The Morgan fingerprint density at radius 3 is 2.30 bits per heavy atom. The molecule has 0 saturated carbocycles. The second kappa shape index (κ2) is 5.27. The summed E-state index contributed by atoms with van der Waals surface area (Å²) in [6, 6.07) is 6.79. The van der Waals surface area contributed by atoms with Crippen LogP contribution in [0.5, 0.6) is 0 Å². The summed E-state index contributed by atoms with van der Waals surface area (Å²) in [4.78, 5) is 25.0. The molecule has 4 nitrogen and oxygen atoms in total. The van der Waals surface area contributed by atoms with Gasteiger partial charge in [-0.2, -0.15) is 0 Å². The fourth-order valence-corrected chi connectivity index (χ4v) is 2.55. The molecule has 1 atom stereocenters. The lowest BCUT2D eigenvalue weighted by Gasteiger charge is -2.23. The van der Waals surface area contributed by atoms with Crippen molar-refractivity contribution in [2.24, 2.45) is 0 Å². The highest BCUT2D eigenvalue weighted by Gasteiger charge is 2.34. The van der Waals surface area contributed by atoms with Crippen molar-refractivity contribution in [1.29, 1.82) is 0 Å². The van der Waals surface area contributed by atoms with Gasteiger partial charge in [-0.3, -0.25) is 4.79 Å². The normalized spacial score (nSPS) is 19.1. The van der Waals surface area contributed by atoms with Crippen LogP contribution >= 0.6 is 0 Å². The van der Waals surface area contributed by atoms with E-state index in [0.29, 0.717) is 18.5 Å². The molecule has 1 heterocycles. The predicted molar refractivity (Wildman–Crippen MR) is 76.8 cm³/mol. The van der Waals surface area contributed by atoms with Crippen molar-refractivity contribution >= 4 is 11.9 Å².